The summed E-state index contributed by atoms with van der Waals surface area (Å²) in [5, 5.41) is 3.05. The number of piperazine rings is 1. The Hall–Kier alpha value is -3.00. The summed E-state index contributed by atoms with van der Waals surface area (Å²) in [6, 6.07) is 9.10. The number of carbonyl (C=O) groups is 2. The summed E-state index contributed by atoms with van der Waals surface area (Å²) < 4.78 is 27.1. The molecule has 34 heavy (non-hydrogen) atoms. The van der Waals surface area contributed by atoms with Crippen LogP contribution in [0.2, 0.25) is 0 Å². The molecule has 0 unspecified atom stereocenters. The molecule has 0 radical (unpaired) electrons. The predicted molar refractivity (Wildman–Crippen MR) is 129 cm³/mol. The summed E-state index contributed by atoms with van der Waals surface area (Å²) in [6.45, 7) is 10.1. The van der Waals surface area contributed by atoms with E-state index < -0.39 is 17.5 Å². The van der Waals surface area contributed by atoms with Crippen molar-refractivity contribution in [1.29, 1.82) is 0 Å². The van der Waals surface area contributed by atoms with Gasteiger partial charge in [0.15, 0.2) is 0 Å². The molecular weight excluding hydrogens is 438 g/mol. The highest BCUT2D eigenvalue weighted by Crippen LogP contribution is 2.26. The van der Waals surface area contributed by atoms with Crippen LogP contribution in [0.3, 0.4) is 0 Å². The van der Waals surface area contributed by atoms with Crippen molar-refractivity contribution >= 4 is 23.2 Å². The van der Waals surface area contributed by atoms with Crippen LogP contribution in [0.4, 0.5) is 20.2 Å². The van der Waals surface area contributed by atoms with Gasteiger partial charge in [-0.1, -0.05) is 6.92 Å². The standard InChI is InChI=1S/C26H32F2N4O2/c1-3-30-12-14-31(15-13-30)21-5-7-24(18(2)16-21)29-25(33)19-8-10-32(11-9-19)26(34)22-6-4-20(27)17-23(22)28/h4-7,16-17,19H,3,8-15H2,1-2H3,(H,29,33). The van der Waals surface area contributed by atoms with Crippen molar-refractivity contribution in [3.8, 4) is 0 Å². The molecule has 0 spiro atoms. The third kappa shape index (κ3) is 5.38. The second-order valence-corrected chi connectivity index (χ2v) is 9.10. The highest BCUT2D eigenvalue weighted by molar-refractivity contribution is 5.96. The van der Waals surface area contributed by atoms with Crippen LogP contribution in [0, 0.1) is 24.5 Å². The van der Waals surface area contributed by atoms with Gasteiger partial charge in [-0.2, -0.15) is 0 Å². The largest absolute Gasteiger partial charge is 0.369 e. The van der Waals surface area contributed by atoms with Gasteiger partial charge < -0.3 is 20.0 Å². The number of aryl methyl sites for hydroxylation is 1. The summed E-state index contributed by atoms with van der Waals surface area (Å²) in [5.74, 6) is -2.33. The number of carbonyl (C=O) groups excluding carboxylic acids is 2. The number of likely N-dealkylation sites (tertiary alicyclic amines) is 1. The molecule has 182 valence electrons. The van der Waals surface area contributed by atoms with Crippen molar-refractivity contribution in [2.24, 2.45) is 5.92 Å². The molecule has 6 nitrogen and oxygen atoms in total. The molecule has 0 aromatic heterocycles. The van der Waals surface area contributed by atoms with Gasteiger partial charge in [0, 0.05) is 62.6 Å². The predicted octanol–water partition coefficient (Wildman–Crippen LogP) is 3.91. The van der Waals surface area contributed by atoms with E-state index in [1.165, 1.54) is 16.7 Å². The molecule has 2 heterocycles. The summed E-state index contributed by atoms with van der Waals surface area (Å²) >= 11 is 0. The van der Waals surface area contributed by atoms with Crippen LogP contribution in [0.5, 0.6) is 0 Å². The molecule has 2 saturated heterocycles. The van der Waals surface area contributed by atoms with Crippen LogP contribution in [0.25, 0.3) is 0 Å². The Kier molecular flexibility index (Phi) is 7.46. The highest BCUT2D eigenvalue weighted by Gasteiger charge is 2.29. The number of halogens is 2. The van der Waals surface area contributed by atoms with Gasteiger partial charge in [0.05, 0.1) is 5.56 Å². The molecule has 8 heteroatoms. The van der Waals surface area contributed by atoms with Gasteiger partial charge in [-0.3, -0.25) is 9.59 Å². The molecule has 0 saturated carbocycles. The van der Waals surface area contributed by atoms with E-state index in [2.05, 4.69) is 34.2 Å². The van der Waals surface area contributed by atoms with Crippen molar-refractivity contribution in [2.45, 2.75) is 26.7 Å². The SMILES string of the molecule is CCN1CCN(c2ccc(NC(=O)C3CCN(C(=O)c4ccc(F)cc4F)CC3)c(C)c2)CC1. The van der Waals surface area contributed by atoms with Crippen LogP contribution in [0.1, 0.15) is 35.7 Å². The van der Waals surface area contributed by atoms with Gasteiger partial charge in [-0.05, 0) is 62.2 Å². The molecule has 2 fully saturated rings. The third-order valence-electron chi connectivity index (χ3n) is 6.97. The van der Waals surface area contributed by atoms with Crippen molar-refractivity contribution < 1.29 is 18.4 Å². The van der Waals surface area contributed by atoms with E-state index in [0.717, 1.165) is 50.0 Å². The third-order valence-corrected chi connectivity index (χ3v) is 6.97. The molecule has 1 N–H and O–H groups in total. The van der Waals surface area contributed by atoms with E-state index in [9.17, 15) is 18.4 Å². The lowest BCUT2D eigenvalue weighted by molar-refractivity contribution is -0.121. The topological polar surface area (TPSA) is 55.9 Å². The zero-order valence-corrected chi connectivity index (χ0v) is 19.8. The number of rotatable bonds is 5. The van der Waals surface area contributed by atoms with Gasteiger partial charge in [-0.15, -0.1) is 0 Å². The number of benzene rings is 2. The Morgan fingerprint density at radius 2 is 1.68 bits per heavy atom. The van der Waals surface area contributed by atoms with Crippen molar-refractivity contribution in [2.75, 3.05) is 56.0 Å². The van der Waals surface area contributed by atoms with Gasteiger partial charge in [-0.25, -0.2) is 8.78 Å². The monoisotopic (exact) mass is 470 g/mol. The minimum atomic E-state index is -0.865. The van der Waals surface area contributed by atoms with Gasteiger partial charge in [0.1, 0.15) is 11.6 Å². The fourth-order valence-corrected chi connectivity index (χ4v) is 4.72. The maximum Gasteiger partial charge on any atom is 0.256 e. The number of amides is 2. The summed E-state index contributed by atoms with van der Waals surface area (Å²) in [6.07, 6.45) is 0.998. The Labute approximate surface area is 199 Å². The molecule has 2 aliphatic heterocycles. The van der Waals surface area contributed by atoms with Crippen molar-refractivity contribution in [3.63, 3.8) is 0 Å². The number of anilines is 2. The van der Waals surface area contributed by atoms with Gasteiger partial charge in [0.2, 0.25) is 5.91 Å². The molecule has 4 rings (SSSR count). The average molecular weight is 471 g/mol. The first-order valence-electron chi connectivity index (χ1n) is 12.0. The lowest BCUT2D eigenvalue weighted by Crippen LogP contribution is -2.46. The number of hydrogen-bond donors (Lipinski definition) is 1. The zero-order valence-electron chi connectivity index (χ0n) is 19.8. The average Bonchev–Trinajstić information content (AvgIpc) is 2.85. The minimum Gasteiger partial charge on any atom is -0.369 e. The number of nitrogens with one attached hydrogen (secondary N) is 1. The summed E-state index contributed by atoms with van der Waals surface area (Å²) in [7, 11) is 0. The van der Waals surface area contributed by atoms with Crippen LogP contribution in [-0.4, -0.2) is 67.4 Å². The number of piperidine rings is 1. The minimum absolute atomic E-state index is 0.0625. The molecule has 2 amide bonds. The fourth-order valence-electron chi connectivity index (χ4n) is 4.72. The number of likely N-dealkylation sites (N-methyl/N-ethyl adjacent to an activating group) is 1. The van der Waals surface area contributed by atoms with Crippen LogP contribution >= 0.6 is 0 Å². The maximum atomic E-state index is 14.0. The molecule has 0 bridgehead atoms. The van der Waals surface area contributed by atoms with Crippen molar-refractivity contribution in [1.82, 2.24) is 9.80 Å². The van der Waals surface area contributed by atoms with Gasteiger partial charge in [0.25, 0.3) is 5.91 Å². The lowest BCUT2D eigenvalue weighted by atomic mass is 9.95. The van der Waals surface area contributed by atoms with Crippen LogP contribution < -0.4 is 10.2 Å². The second-order valence-electron chi connectivity index (χ2n) is 9.10. The molecule has 2 aromatic carbocycles. The molecule has 2 aliphatic rings. The van der Waals surface area contributed by atoms with E-state index in [1.807, 2.05) is 13.0 Å². The van der Waals surface area contributed by atoms with E-state index >= 15 is 0 Å². The zero-order chi connectivity index (χ0) is 24.2. The van der Waals surface area contributed by atoms with Crippen LogP contribution in [-0.2, 0) is 4.79 Å². The smallest absolute Gasteiger partial charge is 0.256 e. The first kappa shape index (κ1) is 24.1. The Bertz CT molecular complexity index is 1050. The fraction of sp³-hybridized carbons (Fsp3) is 0.462. The van der Waals surface area contributed by atoms with E-state index in [4.69, 9.17) is 0 Å². The highest BCUT2D eigenvalue weighted by atomic mass is 19.1. The van der Waals surface area contributed by atoms with Crippen molar-refractivity contribution in [3.05, 3.63) is 59.2 Å². The maximum absolute atomic E-state index is 14.0. The second kappa shape index (κ2) is 10.5. The van der Waals surface area contributed by atoms with E-state index in [-0.39, 0.29) is 17.4 Å². The first-order valence-corrected chi connectivity index (χ1v) is 12.0. The molecule has 2 aromatic rings. The Morgan fingerprint density at radius 1 is 0.971 bits per heavy atom. The lowest BCUT2D eigenvalue weighted by Gasteiger charge is -2.35. The van der Waals surface area contributed by atoms with E-state index in [0.29, 0.717) is 32.0 Å². The van der Waals surface area contributed by atoms with E-state index in [1.54, 1.807) is 0 Å². The van der Waals surface area contributed by atoms with Crippen LogP contribution in [0.15, 0.2) is 36.4 Å². The molecular formula is C26H32F2N4O2. The molecule has 0 aliphatic carbocycles. The first-order chi connectivity index (χ1) is 16.4. The van der Waals surface area contributed by atoms with Gasteiger partial charge >= 0.3 is 0 Å². The Morgan fingerprint density at radius 3 is 2.29 bits per heavy atom. The number of hydrogen-bond acceptors (Lipinski definition) is 4. The quantitative estimate of drug-likeness (QED) is 0.720. The molecule has 0 atom stereocenters. The summed E-state index contributed by atoms with van der Waals surface area (Å²) in [4.78, 5) is 31.8. The Balaban J connectivity index is 1.31. The summed E-state index contributed by atoms with van der Waals surface area (Å²) in [5.41, 5.74) is 2.85. The normalized spacial score (nSPS) is 17.6. The number of nitrogens with zero attached hydrogens (tertiary/aromatic N) is 3.